The lowest BCUT2D eigenvalue weighted by molar-refractivity contribution is 0.360. The number of hydrogen-bond donors (Lipinski definition) is 1. The Morgan fingerprint density at radius 3 is 2.21 bits per heavy atom. The van der Waals surface area contributed by atoms with Gasteiger partial charge in [0.15, 0.2) is 0 Å². The van der Waals surface area contributed by atoms with Gasteiger partial charge in [-0.1, -0.05) is 0 Å². The van der Waals surface area contributed by atoms with Crippen LogP contribution in [0.1, 0.15) is 6.92 Å². The van der Waals surface area contributed by atoms with Crippen LogP contribution in [0.25, 0.3) is 0 Å². The van der Waals surface area contributed by atoms with Crippen LogP contribution in [-0.2, 0) is 0 Å². The molecule has 14 heavy (non-hydrogen) atoms. The number of hydrogen-bond acceptors (Lipinski definition) is 4. The van der Waals surface area contributed by atoms with E-state index >= 15 is 0 Å². The van der Waals surface area contributed by atoms with Crippen LogP contribution < -0.4 is 10.6 Å². The molecule has 1 aromatic rings. The van der Waals surface area contributed by atoms with Gasteiger partial charge in [-0.15, -0.1) is 24.8 Å². The number of rotatable bonds is 1. The lowest BCUT2D eigenvalue weighted by atomic mass is 9.94. The highest BCUT2D eigenvalue weighted by atomic mass is 35.5. The molecule has 4 nitrogen and oxygen atoms in total. The molecule has 6 heteroatoms. The average Bonchev–Trinajstić information content (AvgIpc) is 2.02. The van der Waals surface area contributed by atoms with Crippen LogP contribution in [0.3, 0.4) is 0 Å². The number of anilines is 1. The molecule has 0 unspecified atom stereocenters. The van der Waals surface area contributed by atoms with E-state index in [1.54, 1.807) is 12.4 Å². The normalized spacial score (nSPS) is 17.4. The van der Waals surface area contributed by atoms with Crippen molar-refractivity contribution < 1.29 is 0 Å². The molecule has 0 amide bonds. The third-order valence-corrected chi connectivity index (χ3v) is 1.94. The van der Waals surface area contributed by atoms with Gasteiger partial charge in [0.25, 0.3) is 0 Å². The monoisotopic (exact) mass is 236 g/mol. The molecule has 0 bridgehead atoms. The third kappa shape index (κ3) is 2.70. The van der Waals surface area contributed by atoms with Crippen molar-refractivity contribution in [2.45, 2.75) is 12.5 Å². The zero-order valence-corrected chi connectivity index (χ0v) is 9.51. The van der Waals surface area contributed by atoms with Crippen molar-refractivity contribution in [2.75, 3.05) is 18.0 Å². The summed E-state index contributed by atoms with van der Waals surface area (Å²) in [6.07, 6.45) is 3.49. The summed E-state index contributed by atoms with van der Waals surface area (Å²) in [6.45, 7) is 3.72. The summed E-state index contributed by atoms with van der Waals surface area (Å²) in [4.78, 5) is 10.3. The van der Waals surface area contributed by atoms with E-state index in [4.69, 9.17) is 5.73 Å². The van der Waals surface area contributed by atoms with Gasteiger partial charge in [0.05, 0.1) is 0 Å². The van der Waals surface area contributed by atoms with Crippen molar-refractivity contribution in [1.82, 2.24) is 9.97 Å². The van der Waals surface area contributed by atoms with Crippen molar-refractivity contribution in [3.05, 3.63) is 18.5 Å². The standard InChI is InChI=1S/C8H12N4.2ClH/c1-8(9)5-12(6-8)7-10-3-2-4-11-7;;/h2-4H,5-6,9H2,1H3;2*1H. The number of nitrogens with zero attached hydrogens (tertiary/aromatic N) is 3. The topological polar surface area (TPSA) is 55.0 Å². The largest absolute Gasteiger partial charge is 0.337 e. The van der Waals surface area contributed by atoms with Crippen LogP contribution >= 0.6 is 24.8 Å². The Morgan fingerprint density at radius 2 is 1.79 bits per heavy atom. The quantitative estimate of drug-likeness (QED) is 0.787. The van der Waals surface area contributed by atoms with Crippen molar-refractivity contribution in [2.24, 2.45) is 5.73 Å². The van der Waals surface area contributed by atoms with Crippen LogP contribution in [0, 0.1) is 0 Å². The van der Waals surface area contributed by atoms with E-state index in [2.05, 4.69) is 14.9 Å². The average molecular weight is 237 g/mol. The lowest BCUT2D eigenvalue weighted by Gasteiger charge is -2.45. The van der Waals surface area contributed by atoms with Gasteiger partial charge in [-0.3, -0.25) is 0 Å². The second-order valence-corrected chi connectivity index (χ2v) is 3.56. The summed E-state index contributed by atoms with van der Waals surface area (Å²) in [7, 11) is 0. The first-order chi connectivity index (χ1) is 5.67. The minimum Gasteiger partial charge on any atom is -0.337 e. The summed E-state index contributed by atoms with van der Waals surface area (Å²) in [6, 6.07) is 1.81. The molecule has 2 N–H and O–H groups in total. The third-order valence-electron chi connectivity index (χ3n) is 1.94. The van der Waals surface area contributed by atoms with E-state index < -0.39 is 0 Å². The minimum absolute atomic E-state index is 0. The predicted octanol–water partition coefficient (Wildman–Crippen LogP) is 0.858. The molecular formula is C8H14Cl2N4. The van der Waals surface area contributed by atoms with Crippen LogP contribution in [0.15, 0.2) is 18.5 Å². The smallest absolute Gasteiger partial charge is 0.225 e. The molecule has 1 saturated heterocycles. The SMILES string of the molecule is CC1(N)CN(c2ncccn2)C1.Cl.Cl. The van der Waals surface area contributed by atoms with Crippen molar-refractivity contribution in [3.8, 4) is 0 Å². The Bertz CT molecular complexity index is 270. The second-order valence-electron chi connectivity index (χ2n) is 3.56. The summed E-state index contributed by atoms with van der Waals surface area (Å²) < 4.78 is 0. The highest BCUT2D eigenvalue weighted by Crippen LogP contribution is 2.21. The predicted molar refractivity (Wildman–Crippen MR) is 61.3 cm³/mol. The van der Waals surface area contributed by atoms with E-state index in [9.17, 15) is 0 Å². The number of aromatic nitrogens is 2. The van der Waals surface area contributed by atoms with Crippen molar-refractivity contribution in [1.29, 1.82) is 0 Å². The van der Waals surface area contributed by atoms with Crippen molar-refractivity contribution in [3.63, 3.8) is 0 Å². The maximum Gasteiger partial charge on any atom is 0.225 e. The Balaban J connectivity index is 0.000000845. The molecule has 0 spiro atoms. The molecule has 1 aliphatic heterocycles. The molecule has 1 aliphatic rings. The van der Waals surface area contributed by atoms with Crippen LogP contribution in [-0.4, -0.2) is 28.6 Å². The zero-order valence-electron chi connectivity index (χ0n) is 7.88. The van der Waals surface area contributed by atoms with Crippen LogP contribution in [0.5, 0.6) is 0 Å². The summed E-state index contributed by atoms with van der Waals surface area (Å²) in [5, 5.41) is 0. The second kappa shape index (κ2) is 4.77. The first-order valence-corrected chi connectivity index (χ1v) is 3.98. The molecule has 80 valence electrons. The Hall–Kier alpha value is -0.580. The molecule has 0 aromatic carbocycles. The molecule has 0 aliphatic carbocycles. The maximum absolute atomic E-state index is 5.85. The molecule has 0 saturated carbocycles. The van der Waals surface area contributed by atoms with Gasteiger partial charge in [-0.25, -0.2) is 9.97 Å². The fourth-order valence-electron chi connectivity index (χ4n) is 1.42. The van der Waals surface area contributed by atoms with Crippen LogP contribution in [0.2, 0.25) is 0 Å². The van der Waals surface area contributed by atoms with Crippen LogP contribution in [0.4, 0.5) is 5.95 Å². The summed E-state index contributed by atoms with van der Waals surface area (Å²) >= 11 is 0. The highest BCUT2D eigenvalue weighted by molar-refractivity contribution is 5.85. The molecule has 0 radical (unpaired) electrons. The summed E-state index contributed by atoms with van der Waals surface area (Å²) in [5.74, 6) is 0.778. The first-order valence-electron chi connectivity index (χ1n) is 3.98. The maximum atomic E-state index is 5.85. The lowest BCUT2D eigenvalue weighted by Crippen LogP contribution is -2.66. The van der Waals surface area contributed by atoms with E-state index in [1.165, 1.54) is 0 Å². The van der Waals surface area contributed by atoms with Gasteiger partial charge < -0.3 is 10.6 Å². The molecule has 1 aromatic heterocycles. The van der Waals surface area contributed by atoms with E-state index in [1.807, 2.05) is 13.0 Å². The molecule has 0 atom stereocenters. The van der Waals surface area contributed by atoms with Gasteiger partial charge >= 0.3 is 0 Å². The molecular weight excluding hydrogens is 223 g/mol. The van der Waals surface area contributed by atoms with Gasteiger partial charge in [0.1, 0.15) is 0 Å². The fourth-order valence-corrected chi connectivity index (χ4v) is 1.42. The Morgan fingerprint density at radius 1 is 1.29 bits per heavy atom. The Kier molecular flexibility index (Phi) is 4.58. The van der Waals surface area contributed by atoms with Gasteiger partial charge in [0.2, 0.25) is 5.95 Å². The van der Waals surface area contributed by atoms with E-state index in [0.717, 1.165) is 19.0 Å². The zero-order chi connectivity index (χ0) is 8.60. The minimum atomic E-state index is -0.0563. The molecule has 2 rings (SSSR count). The highest BCUT2D eigenvalue weighted by Gasteiger charge is 2.35. The van der Waals surface area contributed by atoms with Gasteiger partial charge in [-0.05, 0) is 13.0 Å². The van der Waals surface area contributed by atoms with E-state index in [0.29, 0.717) is 0 Å². The van der Waals surface area contributed by atoms with Gasteiger partial charge in [0, 0.05) is 31.0 Å². The number of nitrogens with two attached hydrogens (primary N) is 1. The first kappa shape index (κ1) is 13.4. The van der Waals surface area contributed by atoms with Crippen molar-refractivity contribution >= 4 is 30.8 Å². The van der Waals surface area contributed by atoms with Gasteiger partial charge in [-0.2, -0.15) is 0 Å². The van der Waals surface area contributed by atoms with E-state index in [-0.39, 0.29) is 30.4 Å². The molecule has 1 fully saturated rings. The fraction of sp³-hybridized carbons (Fsp3) is 0.500. The Labute approximate surface area is 95.7 Å². The number of halogens is 2. The summed E-state index contributed by atoms with van der Waals surface area (Å²) in [5.41, 5.74) is 5.80. The molecule has 2 heterocycles.